The number of hydrogen-bond donors (Lipinski definition) is 3. The van der Waals surface area contributed by atoms with Gasteiger partial charge in [-0.15, -0.1) is 12.4 Å². The van der Waals surface area contributed by atoms with Crippen LogP contribution in [0.5, 0.6) is 0 Å². The summed E-state index contributed by atoms with van der Waals surface area (Å²) in [7, 11) is -3.20. The van der Waals surface area contributed by atoms with Crippen molar-refractivity contribution in [1.29, 1.82) is 0 Å². The standard InChI is InChI=1S/C15H23N3O3S.ClH/c1-2-22(20,21)17-10-12-5-7-13(8-6-12)15(19)18-14-4-3-9-16-11-14;/h5-8,14,16-17H,2-4,9-11H2,1H3,(H,18,19);1H/t14-;/m0./s1. The van der Waals surface area contributed by atoms with E-state index in [1.54, 1.807) is 31.2 Å². The van der Waals surface area contributed by atoms with Gasteiger partial charge in [0.25, 0.3) is 5.91 Å². The third-order valence-electron chi connectivity index (χ3n) is 3.72. The number of nitrogens with one attached hydrogen (secondary N) is 3. The third-order valence-corrected chi connectivity index (χ3v) is 5.07. The van der Waals surface area contributed by atoms with E-state index < -0.39 is 10.0 Å². The number of carbonyl (C=O) groups is 1. The number of amides is 1. The topological polar surface area (TPSA) is 87.3 Å². The van der Waals surface area contributed by atoms with E-state index in [9.17, 15) is 13.2 Å². The van der Waals surface area contributed by atoms with E-state index in [2.05, 4.69) is 15.4 Å². The van der Waals surface area contributed by atoms with Crippen LogP contribution >= 0.6 is 12.4 Å². The molecule has 6 nitrogen and oxygen atoms in total. The minimum atomic E-state index is -3.20. The summed E-state index contributed by atoms with van der Waals surface area (Å²) < 4.78 is 25.3. The quantitative estimate of drug-likeness (QED) is 0.706. The fourth-order valence-electron chi connectivity index (χ4n) is 2.31. The number of benzene rings is 1. The highest BCUT2D eigenvalue weighted by molar-refractivity contribution is 7.89. The Morgan fingerprint density at radius 2 is 2.00 bits per heavy atom. The van der Waals surface area contributed by atoms with Gasteiger partial charge in [0, 0.05) is 24.7 Å². The van der Waals surface area contributed by atoms with Crippen LogP contribution in [0.1, 0.15) is 35.7 Å². The summed E-state index contributed by atoms with van der Waals surface area (Å²) >= 11 is 0. The monoisotopic (exact) mass is 361 g/mol. The Bertz CT molecular complexity index is 599. The molecule has 0 spiro atoms. The van der Waals surface area contributed by atoms with Crippen LogP contribution in [0.3, 0.4) is 0 Å². The van der Waals surface area contributed by atoms with Crippen LogP contribution in [-0.2, 0) is 16.6 Å². The van der Waals surface area contributed by atoms with Gasteiger partial charge in [-0.3, -0.25) is 4.79 Å². The van der Waals surface area contributed by atoms with Gasteiger partial charge in [0.05, 0.1) is 5.75 Å². The van der Waals surface area contributed by atoms with Crippen LogP contribution in [0.2, 0.25) is 0 Å². The summed E-state index contributed by atoms with van der Waals surface area (Å²) in [6, 6.07) is 7.16. The molecule has 1 aliphatic heterocycles. The predicted molar refractivity (Wildman–Crippen MR) is 93.3 cm³/mol. The SMILES string of the molecule is CCS(=O)(=O)NCc1ccc(C(=O)N[C@H]2CCCNC2)cc1.Cl. The minimum Gasteiger partial charge on any atom is -0.348 e. The lowest BCUT2D eigenvalue weighted by molar-refractivity contribution is 0.0930. The van der Waals surface area contributed by atoms with E-state index in [4.69, 9.17) is 0 Å². The van der Waals surface area contributed by atoms with Gasteiger partial charge in [-0.05, 0) is 44.0 Å². The largest absolute Gasteiger partial charge is 0.348 e. The molecule has 0 aromatic heterocycles. The van der Waals surface area contributed by atoms with E-state index in [1.165, 1.54) is 0 Å². The lowest BCUT2D eigenvalue weighted by Gasteiger charge is -2.23. The summed E-state index contributed by atoms with van der Waals surface area (Å²) in [4.78, 5) is 12.1. The summed E-state index contributed by atoms with van der Waals surface area (Å²) in [6.45, 7) is 3.65. The first-order valence-electron chi connectivity index (χ1n) is 7.58. The number of carbonyl (C=O) groups excluding carboxylic acids is 1. The van der Waals surface area contributed by atoms with E-state index in [0.717, 1.165) is 31.5 Å². The number of rotatable bonds is 6. The maximum atomic E-state index is 12.1. The molecule has 1 aliphatic rings. The second-order valence-corrected chi connectivity index (χ2v) is 7.53. The zero-order chi connectivity index (χ0) is 16.0. The van der Waals surface area contributed by atoms with Crippen molar-refractivity contribution < 1.29 is 13.2 Å². The molecular formula is C15H24ClN3O3S. The molecule has 2 rings (SSSR count). The van der Waals surface area contributed by atoms with Gasteiger partial charge in [0.15, 0.2) is 0 Å². The van der Waals surface area contributed by atoms with Gasteiger partial charge in [-0.25, -0.2) is 13.1 Å². The molecule has 23 heavy (non-hydrogen) atoms. The van der Waals surface area contributed by atoms with Gasteiger partial charge < -0.3 is 10.6 Å². The molecule has 0 radical (unpaired) electrons. The molecule has 1 heterocycles. The van der Waals surface area contributed by atoms with Crippen LogP contribution in [0.4, 0.5) is 0 Å². The molecule has 1 fully saturated rings. The number of sulfonamides is 1. The van der Waals surface area contributed by atoms with Crippen LogP contribution in [-0.4, -0.2) is 39.2 Å². The highest BCUT2D eigenvalue weighted by Crippen LogP contribution is 2.07. The average molecular weight is 362 g/mol. The fourth-order valence-corrected chi connectivity index (χ4v) is 2.90. The summed E-state index contributed by atoms with van der Waals surface area (Å²) in [5, 5.41) is 6.26. The molecule has 1 atom stereocenters. The molecule has 0 saturated carbocycles. The molecule has 1 aromatic rings. The van der Waals surface area contributed by atoms with E-state index in [1.807, 2.05) is 0 Å². The van der Waals surface area contributed by atoms with Crippen LogP contribution < -0.4 is 15.4 Å². The summed E-state index contributed by atoms with van der Waals surface area (Å²) in [6.07, 6.45) is 2.07. The van der Waals surface area contributed by atoms with Crippen molar-refractivity contribution in [3.63, 3.8) is 0 Å². The van der Waals surface area contributed by atoms with Gasteiger partial charge in [-0.2, -0.15) is 0 Å². The van der Waals surface area contributed by atoms with Crippen LogP contribution in [0.25, 0.3) is 0 Å². The molecule has 3 N–H and O–H groups in total. The van der Waals surface area contributed by atoms with Crippen molar-refractivity contribution in [2.75, 3.05) is 18.8 Å². The molecule has 0 unspecified atom stereocenters. The lowest BCUT2D eigenvalue weighted by atomic mass is 10.1. The van der Waals surface area contributed by atoms with Crippen molar-refractivity contribution >= 4 is 28.3 Å². The number of piperidine rings is 1. The predicted octanol–water partition coefficient (Wildman–Crippen LogP) is 1.03. The first kappa shape index (κ1) is 19.9. The third kappa shape index (κ3) is 6.47. The highest BCUT2D eigenvalue weighted by atomic mass is 35.5. The molecule has 1 saturated heterocycles. The first-order valence-corrected chi connectivity index (χ1v) is 9.23. The van der Waals surface area contributed by atoms with Crippen molar-refractivity contribution in [3.05, 3.63) is 35.4 Å². The molecule has 8 heteroatoms. The zero-order valence-corrected chi connectivity index (χ0v) is 14.8. The number of hydrogen-bond acceptors (Lipinski definition) is 4. The second-order valence-electron chi connectivity index (χ2n) is 5.44. The van der Waals surface area contributed by atoms with Gasteiger partial charge in [0.2, 0.25) is 10.0 Å². The van der Waals surface area contributed by atoms with Crippen molar-refractivity contribution in [1.82, 2.24) is 15.4 Å². The van der Waals surface area contributed by atoms with Crippen molar-refractivity contribution in [3.8, 4) is 0 Å². The van der Waals surface area contributed by atoms with Crippen LogP contribution in [0, 0.1) is 0 Å². The van der Waals surface area contributed by atoms with Gasteiger partial charge >= 0.3 is 0 Å². The Hall–Kier alpha value is -1.15. The second kappa shape index (κ2) is 9.22. The van der Waals surface area contributed by atoms with Gasteiger partial charge in [0.1, 0.15) is 0 Å². The Kier molecular flexibility index (Phi) is 7.98. The first-order chi connectivity index (χ1) is 10.5. The fraction of sp³-hybridized carbons (Fsp3) is 0.533. The van der Waals surface area contributed by atoms with E-state index in [-0.39, 0.29) is 36.7 Å². The minimum absolute atomic E-state index is 0. The maximum absolute atomic E-state index is 12.1. The highest BCUT2D eigenvalue weighted by Gasteiger charge is 2.16. The Morgan fingerprint density at radius 3 is 2.57 bits per heavy atom. The molecule has 1 aromatic carbocycles. The lowest BCUT2D eigenvalue weighted by Crippen LogP contribution is -2.45. The van der Waals surface area contributed by atoms with Crippen LogP contribution in [0.15, 0.2) is 24.3 Å². The number of halogens is 1. The maximum Gasteiger partial charge on any atom is 0.251 e. The summed E-state index contributed by atoms with van der Waals surface area (Å²) in [5.41, 5.74) is 1.42. The van der Waals surface area contributed by atoms with E-state index >= 15 is 0 Å². The molecule has 1 amide bonds. The normalized spacial score (nSPS) is 18.0. The molecular weight excluding hydrogens is 338 g/mol. The Balaban J connectivity index is 0.00000264. The smallest absolute Gasteiger partial charge is 0.251 e. The van der Waals surface area contributed by atoms with Crippen molar-refractivity contribution in [2.45, 2.75) is 32.4 Å². The molecule has 0 aliphatic carbocycles. The zero-order valence-electron chi connectivity index (χ0n) is 13.2. The molecule has 0 bridgehead atoms. The van der Waals surface area contributed by atoms with Gasteiger partial charge in [-0.1, -0.05) is 12.1 Å². The van der Waals surface area contributed by atoms with Crippen molar-refractivity contribution in [2.24, 2.45) is 0 Å². The molecule has 130 valence electrons. The Labute approximate surface area is 143 Å². The average Bonchev–Trinajstić information content (AvgIpc) is 2.54. The van der Waals surface area contributed by atoms with E-state index in [0.29, 0.717) is 5.56 Å². The summed E-state index contributed by atoms with van der Waals surface area (Å²) in [5.74, 6) is -0.0301. The Morgan fingerprint density at radius 1 is 1.30 bits per heavy atom.